The number of carbonyl (C=O) groups excluding carboxylic acids is 1. The molecule has 2 aromatic heterocycles. The fourth-order valence-corrected chi connectivity index (χ4v) is 3.98. The molecule has 0 saturated heterocycles. The van der Waals surface area contributed by atoms with Gasteiger partial charge in [0, 0.05) is 18.4 Å². The summed E-state index contributed by atoms with van der Waals surface area (Å²) in [5.74, 6) is 0.321. The minimum absolute atomic E-state index is 0.119. The molecule has 29 heavy (non-hydrogen) atoms. The SMILES string of the molecule is CCc1cccc(C)c1NC(=O)CSc1nc2ncccc2c(=O)n1CC(C)C. The van der Waals surface area contributed by atoms with Crippen molar-refractivity contribution in [2.75, 3.05) is 11.1 Å². The molecule has 0 fully saturated rings. The van der Waals surface area contributed by atoms with Gasteiger partial charge in [-0.25, -0.2) is 9.97 Å². The second-order valence-electron chi connectivity index (χ2n) is 7.38. The number of nitrogens with zero attached hydrogens (tertiary/aromatic N) is 3. The molecule has 0 aliphatic rings. The van der Waals surface area contributed by atoms with E-state index in [2.05, 4.69) is 22.2 Å². The highest BCUT2D eigenvalue weighted by Crippen LogP contribution is 2.23. The molecule has 0 saturated carbocycles. The first-order chi connectivity index (χ1) is 13.9. The molecule has 0 unspecified atom stereocenters. The lowest BCUT2D eigenvalue weighted by Crippen LogP contribution is -2.26. The van der Waals surface area contributed by atoms with E-state index in [1.54, 1.807) is 22.9 Å². The number of anilines is 1. The summed E-state index contributed by atoms with van der Waals surface area (Å²) in [7, 11) is 0. The maximum atomic E-state index is 12.9. The molecule has 152 valence electrons. The van der Waals surface area contributed by atoms with Gasteiger partial charge in [0.15, 0.2) is 10.8 Å². The van der Waals surface area contributed by atoms with Gasteiger partial charge >= 0.3 is 0 Å². The first-order valence-electron chi connectivity index (χ1n) is 9.77. The molecule has 1 amide bonds. The summed E-state index contributed by atoms with van der Waals surface area (Å²) >= 11 is 1.26. The predicted molar refractivity (Wildman–Crippen MR) is 119 cm³/mol. The lowest BCUT2D eigenvalue weighted by Gasteiger charge is -2.15. The van der Waals surface area contributed by atoms with Crippen molar-refractivity contribution >= 4 is 34.4 Å². The Balaban J connectivity index is 1.85. The van der Waals surface area contributed by atoms with Gasteiger partial charge in [0.05, 0.1) is 11.1 Å². The molecular weight excluding hydrogens is 384 g/mol. The summed E-state index contributed by atoms with van der Waals surface area (Å²) in [6.45, 7) is 8.68. The van der Waals surface area contributed by atoms with Gasteiger partial charge in [-0.15, -0.1) is 0 Å². The lowest BCUT2D eigenvalue weighted by molar-refractivity contribution is -0.113. The summed E-state index contributed by atoms with van der Waals surface area (Å²) in [6, 6.07) is 9.47. The molecular formula is C22H26N4O2S. The van der Waals surface area contributed by atoms with Gasteiger partial charge in [-0.1, -0.05) is 50.7 Å². The molecule has 2 heterocycles. The van der Waals surface area contributed by atoms with Crippen LogP contribution < -0.4 is 10.9 Å². The van der Waals surface area contributed by atoms with Crippen LogP contribution in [0.2, 0.25) is 0 Å². The Morgan fingerprint density at radius 3 is 2.76 bits per heavy atom. The van der Waals surface area contributed by atoms with E-state index in [4.69, 9.17) is 0 Å². The Kier molecular flexibility index (Phi) is 6.69. The number of aromatic nitrogens is 3. The molecule has 7 heteroatoms. The number of hydrogen-bond acceptors (Lipinski definition) is 5. The molecule has 3 aromatic rings. The van der Waals surface area contributed by atoms with Crippen molar-refractivity contribution < 1.29 is 4.79 Å². The summed E-state index contributed by atoms with van der Waals surface area (Å²) in [6.07, 6.45) is 2.46. The van der Waals surface area contributed by atoms with Crippen LogP contribution >= 0.6 is 11.8 Å². The van der Waals surface area contributed by atoms with Crippen molar-refractivity contribution in [1.82, 2.24) is 14.5 Å². The van der Waals surface area contributed by atoms with Crippen LogP contribution in [0, 0.1) is 12.8 Å². The molecule has 0 radical (unpaired) electrons. The van der Waals surface area contributed by atoms with Crippen LogP contribution in [0.5, 0.6) is 0 Å². The molecule has 0 bridgehead atoms. The van der Waals surface area contributed by atoms with Crippen LogP contribution in [0.25, 0.3) is 11.0 Å². The van der Waals surface area contributed by atoms with Crippen molar-refractivity contribution in [3.63, 3.8) is 0 Å². The summed E-state index contributed by atoms with van der Waals surface area (Å²) in [5, 5.41) is 4.04. The van der Waals surface area contributed by atoms with Crippen LogP contribution in [-0.4, -0.2) is 26.2 Å². The fraction of sp³-hybridized carbons (Fsp3) is 0.364. The van der Waals surface area contributed by atoms with Crippen molar-refractivity contribution in [3.05, 3.63) is 58.0 Å². The van der Waals surface area contributed by atoms with E-state index in [0.717, 1.165) is 23.2 Å². The van der Waals surface area contributed by atoms with Crippen LogP contribution in [0.3, 0.4) is 0 Å². The Labute approximate surface area is 174 Å². The van der Waals surface area contributed by atoms with Crippen LogP contribution in [0.4, 0.5) is 5.69 Å². The molecule has 6 nitrogen and oxygen atoms in total. The zero-order chi connectivity index (χ0) is 21.0. The normalized spacial score (nSPS) is 11.2. The van der Waals surface area contributed by atoms with Gasteiger partial charge in [0.25, 0.3) is 5.56 Å². The number of nitrogens with one attached hydrogen (secondary N) is 1. The van der Waals surface area contributed by atoms with E-state index in [0.29, 0.717) is 22.7 Å². The quantitative estimate of drug-likeness (QED) is 0.470. The molecule has 0 atom stereocenters. The number of benzene rings is 1. The predicted octanol–water partition coefficient (Wildman–Crippen LogP) is 4.05. The highest BCUT2D eigenvalue weighted by atomic mass is 32.2. The maximum Gasteiger partial charge on any atom is 0.263 e. The van der Waals surface area contributed by atoms with E-state index in [-0.39, 0.29) is 23.1 Å². The highest BCUT2D eigenvalue weighted by molar-refractivity contribution is 7.99. The average Bonchev–Trinajstić information content (AvgIpc) is 2.70. The van der Waals surface area contributed by atoms with Gasteiger partial charge < -0.3 is 5.32 Å². The van der Waals surface area contributed by atoms with Crippen LogP contribution in [-0.2, 0) is 17.8 Å². The molecule has 1 N–H and O–H groups in total. The van der Waals surface area contributed by atoms with Gasteiger partial charge in [0.2, 0.25) is 5.91 Å². The molecule has 0 aliphatic carbocycles. The molecule has 1 aromatic carbocycles. The van der Waals surface area contributed by atoms with Crippen molar-refractivity contribution in [3.8, 4) is 0 Å². The molecule has 3 rings (SSSR count). The number of aryl methyl sites for hydroxylation is 2. The summed E-state index contributed by atoms with van der Waals surface area (Å²) in [5.41, 5.74) is 3.30. The zero-order valence-corrected chi connectivity index (χ0v) is 18.0. The third-order valence-electron chi connectivity index (χ3n) is 4.58. The molecule has 0 aliphatic heterocycles. The number of hydrogen-bond donors (Lipinski definition) is 1. The average molecular weight is 411 g/mol. The maximum absolute atomic E-state index is 12.9. The highest BCUT2D eigenvalue weighted by Gasteiger charge is 2.15. The number of thioether (sulfide) groups is 1. The Bertz CT molecular complexity index is 1090. The third kappa shape index (κ3) is 4.85. The smallest absolute Gasteiger partial charge is 0.263 e. The number of para-hydroxylation sites is 1. The second kappa shape index (κ2) is 9.22. The Morgan fingerprint density at radius 1 is 1.24 bits per heavy atom. The van der Waals surface area contributed by atoms with E-state index in [1.165, 1.54) is 11.8 Å². The first-order valence-corrected chi connectivity index (χ1v) is 10.8. The number of fused-ring (bicyclic) bond motifs is 1. The number of carbonyl (C=O) groups is 1. The number of rotatable bonds is 7. The van der Waals surface area contributed by atoms with E-state index in [1.807, 2.05) is 39.0 Å². The second-order valence-corrected chi connectivity index (χ2v) is 8.32. The van der Waals surface area contributed by atoms with Crippen molar-refractivity contribution in [2.45, 2.75) is 45.8 Å². The van der Waals surface area contributed by atoms with Crippen molar-refractivity contribution in [1.29, 1.82) is 0 Å². The van der Waals surface area contributed by atoms with Crippen molar-refractivity contribution in [2.24, 2.45) is 5.92 Å². The first kappa shape index (κ1) is 21.0. The third-order valence-corrected chi connectivity index (χ3v) is 5.56. The minimum atomic E-state index is -0.120. The monoisotopic (exact) mass is 410 g/mol. The Morgan fingerprint density at radius 2 is 2.03 bits per heavy atom. The minimum Gasteiger partial charge on any atom is -0.325 e. The summed E-state index contributed by atoms with van der Waals surface area (Å²) in [4.78, 5) is 34.3. The topological polar surface area (TPSA) is 76.9 Å². The van der Waals surface area contributed by atoms with E-state index >= 15 is 0 Å². The van der Waals surface area contributed by atoms with E-state index < -0.39 is 0 Å². The van der Waals surface area contributed by atoms with Crippen LogP contribution in [0.1, 0.15) is 31.9 Å². The number of amides is 1. The standard InChI is InChI=1S/C22H26N4O2S/c1-5-16-9-6-8-15(4)19(16)24-18(27)13-29-22-25-20-17(10-7-11-23-20)21(28)26(22)12-14(2)3/h6-11,14H,5,12-13H2,1-4H3,(H,24,27). The Hall–Kier alpha value is -2.67. The number of pyridine rings is 1. The summed E-state index contributed by atoms with van der Waals surface area (Å²) < 4.78 is 1.65. The largest absolute Gasteiger partial charge is 0.325 e. The van der Waals surface area contributed by atoms with Gasteiger partial charge in [-0.3, -0.25) is 14.2 Å². The molecule has 0 spiro atoms. The lowest BCUT2D eigenvalue weighted by atomic mass is 10.1. The van der Waals surface area contributed by atoms with Gasteiger partial charge in [-0.2, -0.15) is 0 Å². The van der Waals surface area contributed by atoms with E-state index in [9.17, 15) is 9.59 Å². The zero-order valence-electron chi connectivity index (χ0n) is 17.2. The fourth-order valence-electron chi connectivity index (χ4n) is 3.18. The van der Waals surface area contributed by atoms with Crippen LogP contribution in [0.15, 0.2) is 46.5 Å². The van der Waals surface area contributed by atoms with Gasteiger partial charge in [-0.05, 0) is 42.5 Å². The van der Waals surface area contributed by atoms with Gasteiger partial charge in [0.1, 0.15) is 0 Å².